The van der Waals surface area contributed by atoms with E-state index in [1.807, 2.05) is 13.8 Å². The molecule has 1 aromatic carbocycles. The van der Waals surface area contributed by atoms with Crippen molar-refractivity contribution in [3.05, 3.63) is 21.1 Å². The molecule has 17 heavy (non-hydrogen) atoms. The summed E-state index contributed by atoms with van der Waals surface area (Å²) in [7, 11) is 0. The van der Waals surface area contributed by atoms with Gasteiger partial charge in [0, 0.05) is 11.6 Å². The van der Waals surface area contributed by atoms with E-state index >= 15 is 0 Å². The lowest BCUT2D eigenvalue weighted by molar-refractivity contribution is -0.120. The molecular formula is C12H15Br2NO2. The highest BCUT2D eigenvalue weighted by Crippen LogP contribution is 2.35. The highest BCUT2D eigenvalue weighted by Gasteiger charge is 2.15. The summed E-state index contributed by atoms with van der Waals surface area (Å²) >= 11 is 6.45. The Balaban J connectivity index is 2.85. The molecule has 5 heteroatoms. The Hall–Kier alpha value is -0.550. The fourth-order valence-corrected chi connectivity index (χ4v) is 2.73. The van der Waals surface area contributed by atoms with Crippen LogP contribution in [0, 0.1) is 5.92 Å². The minimum atomic E-state index is 0.0134. The first-order valence-electron chi connectivity index (χ1n) is 5.48. The number of aromatic hydroxyl groups is 1. The summed E-state index contributed by atoms with van der Waals surface area (Å²) in [5, 5.41) is 12.4. The van der Waals surface area contributed by atoms with Crippen LogP contribution < -0.4 is 5.32 Å². The largest absolute Gasteiger partial charge is 0.506 e. The number of hydrogen-bond donors (Lipinski definition) is 2. The van der Waals surface area contributed by atoms with Crippen LogP contribution in [-0.4, -0.2) is 11.0 Å². The molecule has 0 saturated heterocycles. The van der Waals surface area contributed by atoms with Crippen molar-refractivity contribution in [2.45, 2.75) is 26.7 Å². The molecule has 0 bridgehead atoms. The molecular weight excluding hydrogens is 350 g/mol. The number of phenols is 1. The predicted molar refractivity (Wildman–Crippen MR) is 76.2 cm³/mol. The highest BCUT2D eigenvalue weighted by atomic mass is 79.9. The van der Waals surface area contributed by atoms with Gasteiger partial charge in [0.2, 0.25) is 5.91 Å². The predicted octanol–water partition coefficient (Wildman–Crippen LogP) is 4.29. The van der Waals surface area contributed by atoms with Gasteiger partial charge in [-0.25, -0.2) is 0 Å². The molecule has 0 aliphatic carbocycles. The molecule has 0 atom stereocenters. The van der Waals surface area contributed by atoms with Crippen molar-refractivity contribution in [3.8, 4) is 5.75 Å². The molecule has 94 valence electrons. The lowest BCUT2D eigenvalue weighted by Crippen LogP contribution is -2.21. The van der Waals surface area contributed by atoms with Gasteiger partial charge in [-0.3, -0.25) is 4.79 Å². The van der Waals surface area contributed by atoms with Crippen molar-refractivity contribution >= 4 is 43.5 Å². The molecule has 2 N–H and O–H groups in total. The van der Waals surface area contributed by atoms with Crippen LogP contribution in [0.25, 0.3) is 0 Å². The van der Waals surface area contributed by atoms with Gasteiger partial charge in [0.25, 0.3) is 0 Å². The first kappa shape index (κ1) is 14.5. The summed E-state index contributed by atoms with van der Waals surface area (Å²) in [4.78, 5) is 11.9. The normalized spacial score (nSPS) is 10.6. The number of benzene rings is 1. The molecule has 0 fully saturated rings. The molecule has 0 aliphatic rings. The summed E-state index contributed by atoms with van der Waals surface area (Å²) in [6.07, 6.45) is 1.64. The Morgan fingerprint density at radius 1 is 1.29 bits per heavy atom. The zero-order valence-electron chi connectivity index (χ0n) is 9.76. The molecule has 0 saturated carbocycles. The van der Waals surface area contributed by atoms with Crippen molar-refractivity contribution in [1.82, 2.24) is 0 Å². The maximum absolute atomic E-state index is 11.9. The van der Waals surface area contributed by atoms with Gasteiger partial charge in [-0.2, -0.15) is 0 Å². The smallest absolute Gasteiger partial charge is 0.227 e. The van der Waals surface area contributed by atoms with Gasteiger partial charge in [-0.15, -0.1) is 0 Å². The van der Waals surface area contributed by atoms with E-state index in [0.29, 0.717) is 14.6 Å². The van der Waals surface area contributed by atoms with Crippen LogP contribution in [0.1, 0.15) is 26.7 Å². The van der Waals surface area contributed by atoms with E-state index in [9.17, 15) is 9.90 Å². The topological polar surface area (TPSA) is 49.3 Å². The summed E-state index contributed by atoms with van der Waals surface area (Å²) in [5.74, 6) is 0.173. The number of halogens is 2. The molecule has 0 spiro atoms. The highest BCUT2D eigenvalue weighted by molar-refractivity contribution is 9.11. The number of phenolic OH excluding ortho intramolecular Hbond substituents is 1. The minimum absolute atomic E-state index is 0.0134. The third-order valence-electron chi connectivity index (χ3n) is 2.64. The van der Waals surface area contributed by atoms with E-state index in [2.05, 4.69) is 37.2 Å². The maximum atomic E-state index is 11.9. The average Bonchev–Trinajstić information content (AvgIpc) is 2.27. The van der Waals surface area contributed by atoms with Gasteiger partial charge in [-0.1, -0.05) is 13.8 Å². The first-order chi connectivity index (χ1) is 7.99. The fraction of sp³-hybridized carbons (Fsp3) is 0.417. The first-order valence-corrected chi connectivity index (χ1v) is 7.07. The molecule has 0 heterocycles. The van der Waals surface area contributed by atoms with E-state index in [1.165, 1.54) is 0 Å². The Bertz CT molecular complexity index is 394. The van der Waals surface area contributed by atoms with Crippen LogP contribution in [0.4, 0.5) is 5.69 Å². The van der Waals surface area contributed by atoms with Crippen molar-refractivity contribution < 1.29 is 9.90 Å². The van der Waals surface area contributed by atoms with Crippen molar-refractivity contribution in [2.75, 3.05) is 5.32 Å². The second-order valence-corrected chi connectivity index (χ2v) is 5.50. The Labute approximate surface area is 118 Å². The third kappa shape index (κ3) is 3.71. The number of carbonyl (C=O) groups is 1. The summed E-state index contributed by atoms with van der Waals surface area (Å²) in [5.41, 5.74) is 0.665. The lowest BCUT2D eigenvalue weighted by Gasteiger charge is -2.13. The zero-order valence-corrected chi connectivity index (χ0v) is 12.9. The summed E-state index contributed by atoms with van der Waals surface area (Å²) < 4.78 is 1.10. The quantitative estimate of drug-likeness (QED) is 0.783. The zero-order chi connectivity index (χ0) is 13.0. The Morgan fingerprint density at radius 2 is 1.76 bits per heavy atom. The molecule has 0 unspecified atom stereocenters. The number of carbonyl (C=O) groups excluding carboxylic acids is 1. The van der Waals surface area contributed by atoms with Crippen LogP contribution in [0.3, 0.4) is 0 Å². The number of hydrogen-bond acceptors (Lipinski definition) is 2. The number of amides is 1. The van der Waals surface area contributed by atoms with Gasteiger partial charge >= 0.3 is 0 Å². The fourth-order valence-electron chi connectivity index (χ4n) is 1.54. The molecule has 0 aliphatic heterocycles. The third-order valence-corrected chi connectivity index (χ3v) is 3.85. The second-order valence-electron chi connectivity index (χ2n) is 3.79. The molecule has 0 radical (unpaired) electrons. The van der Waals surface area contributed by atoms with Crippen LogP contribution in [0.15, 0.2) is 21.1 Å². The van der Waals surface area contributed by atoms with Crippen molar-refractivity contribution in [2.24, 2.45) is 5.92 Å². The maximum Gasteiger partial charge on any atom is 0.227 e. The van der Waals surface area contributed by atoms with Crippen LogP contribution in [0.2, 0.25) is 0 Å². The standard InChI is InChI=1S/C12H15Br2NO2/c1-3-7(4-2)12(17)15-8-5-9(13)11(16)10(14)6-8/h5-7,16H,3-4H2,1-2H3,(H,15,17). The van der Waals surface area contributed by atoms with E-state index in [0.717, 1.165) is 12.8 Å². The van der Waals surface area contributed by atoms with Gasteiger partial charge in [0.1, 0.15) is 5.75 Å². The van der Waals surface area contributed by atoms with Gasteiger partial charge in [0.15, 0.2) is 0 Å². The molecule has 1 aromatic rings. The summed E-state index contributed by atoms with van der Waals surface area (Å²) in [6, 6.07) is 3.36. The van der Waals surface area contributed by atoms with Crippen molar-refractivity contribution in [3.63, 3.8) is 0 Å². The van der Waals surface area contributed by atoms with Crippen LogP contribution in [-0.2, 0) is 4.79 Å². The van der Waals surface area contributed by atoms with E-state index in [1.54, 1.807) is 12.1 Å². The Morgan fingerprint density at radius 3 is 2.18 bits per heavy atom. The molecule has 3 nitrogen and oxygen atoms in total. The second kappa shape index (κ2) is 6.40. The van der Waals surface area contributed by atoms with Gasteiger partial charge < -0.3 is 10.4 Å². The molecule has 1 amide bonds. The SMILES string of the molecule is CCC(CC)C(=O)Nc1cc(Br)c(O)c(Br)c1. The van der Waals surface area contributed by atoms with Gasteiger partial charge in [0.05, 0.1) is 8.95 Å². The summed E-state index contributed by atoms with van der Waals surface area (Å²) in [6.45, 7) is 3.99. The monoisotopic (exact) mass is 363 g/mol. The lowest BCUT2D eigenvalue weighted by atomic mass is 10.0. The van der Waals surface area contributed by atoms with Crippen LogP contribution in [0.5, 0.6) is 5.75 Å². The number of rotatable bonds is 4. The van der Waals surface area contributed by atoms with Gasteiger partial charge in [-0.05, 0) is 56.8 Å². The molecule has 0 aromatic heterocycles. The molecule has 1 rings (SSSR count). The number of nitrogens with one attached hydrogen (secondary N) is 1. The van der Waals surface area contributed by atoms with E-state index in [-0.39, 0.29) is 17.6 Å². The average molecular weight is 365 g/mol. The van der Waals surface area contributed by atoms with Crippen molar-refractivity contribution in [1.29, 1.82) is 0 Å². The van der Waals surface area contributed by atoms with E-state index < -0.39 is 0 Å². The number of anilines is 1. The Kier molecular flexibility index (Phi) is 5.46. The minimum Gasteiger partial charge on any atom is -0.506 e. The van der Waals surface area contributed by atoms with E-state index in [4.69, 9.17) is 0 Å². The van der Waals surface area contributed by atoms with Crippen LogP contribution >= 0.6 is 31.9 Å².